The molecule has 1 aromatic carbocycles. The van der Waals surface area contributed by atoms with Gasteiger partial charge in [-0.2, -0.15) is 9.78 Å². The molecule has 1 N–H and O–H groups in total. The summed E-state index contributed by atoms with van der Waals surface area (Å²) in [6, 6.07) is 10.8. The van der Waals surface area contributed by atoms with Gasteiger partial charge in [-0.25, -0.2) is 9.97 Å². The van der Waals surface area contributed by atoms with Crippen LogP contribution in [0.1, 0.15) is 33.9 Å². The average Bonchev–Trinajstić information content (AvgIpc) is 2.99. The lowest BCUT2D eigenvalue weighted by molar-refractivity contribution is -0.117. The van der Waals surface area contributed by atoms with Crippen molar-refractivity contribution in [2.45, 2.75) is 27.2 Å². The van der Waals surface area contributed by atoms with Crippen LogP contribution in [-0.2, 0) is 4.79 Å². The second kappa shape index (κ2) is 10.3. The molecular weight excluding hydrogens is 454 g/mol. The summed E-state index contributed by atoms with van der Waals surface area (Å²) in [6.45, 7) is 8.33. The highest BCUT2D eigenvalue weighted by molar-refractivity contribution is 6.33. The van der Waals surface area contributed by atoms with Crippen LogP contribution < -0.4 is 5.32 Å². The summed E-state index contributed by atoms with van der Waals surface area (Å²) >= 11 is 6.20. The number of aryl methyl sites for hydroxylation is 3. The van der Waals surface area contributed by atoms with E-state index >= 15 is 0 Å². The first-order valence-electron chi connectivity index (χ1n) is 11.3. The number of nitrogens with zero attached hydrogens (tertiary/aromatic N) is 6. The quantitative estimate of drug-likeness (QED) is 0.601. The highest BCUT2D eigenvalue weighted by atomic mass is 35.5. The Morgan fingerprint density at radius 3 is 2.44 bits per heavy atom. The normalized spacial score (nSPS) is 14.6. The van der Waals surface area contributed by atoms with Crippen molar-refractivity contribution < 1.29 is 9.59 Å². The summed E-state index contributed by atoms with van der Waals surface area (Å²) in [5, 5.41) is 7.85. The number of aromatic nitrogens is 4. The molecule has 34 heavy (non-hydrogen) atoms. The van der Waals surface area contributed by atoms with Gasteiger partial charge >= 0.3 is 0 Å². The largest absolute Gasteiger partial charge is 0.337 e. The summed E-state index contributed by atoms with van der Waals surface area (Å²) in [6.07, 6.45) is 0.775. The third-order valence-electron chi connectivity index (χ3n) is 5.61. The lowest BCUT2D eigenvalue weighted by Gasteiger charge is -2.22. The van der Waals surface area contributed by atoms with E-state index in [0.717, 1.165) is 30.0 Å². The van der Waals surface area contributed by atoms with E-state index in [1.807, 2.05) is 39.0 Å². The predicted molar refractivity (Wildman–Crippen MR) is 130 cm³/mol. The maximum absolute atomic E-state index is 12.9. The van der Waals surface area contributed by atoms with Gasteiger partial charge in [-0.15, -0.1) is 0 Å². The van der Waals surface area contributed by atoms with Crippen LogP contribution in [0.4, 0.5) is 5.82 Å². The van der Waals surface area contributed by atoms with Crippen LogP contribution in [0.2, 0.25) is 5.02 Å². The van der Waals surface area contributed by atoms with Gasteiger partial charge in [-0.1, -0.05) is 23.7 Å². The fraction of sp³-hybridized carbons (Fsp3) is 0.375. The minimum Gasteiger partial charge on any atom is -0.337 e. The molecule has 4 rings (SSSR count). The number of halogens is 1. The van der Waals surface area contributed by atoms with Crippen molar-refractivity contribution in [1.82, 2.24) is 29.5 Å². The van der Waals surface area contributed by atoms with E-state index in [4.69, 9.17) is 11.6 Å². The standard InChI is InChI=1S/C24H28ClN7O2/c1-16-13-17(2)27-24(26-16)32-21(14-18(3)29-32)28-22(33)15-30-9-6-10-31(12-11-30)23(34)19-7-4-5-8-20(19)25/h4-5,7-8,13-14H,6,9-12,15H2,1-3H3,(H,28,33). The highest BCUT2D eigenvalue weighted by Gasteiger charge is 2.23. The molecule has 0 radical (unpaired) electrons. The number of carbonyl (C=O) groups is 2. The van der Waals surface area contributed by atoms with Crippen LogP contribution in [0.25, 0.3) is 5.95 Å². The molecule has 1 fully saturated rings. The molecule has 0 saturated carbocycles. The minimum absolute atomic E-state index is 0.0790. The lowest BCUT2D eigenvalue weighted by atomic mass is 10.2. The van der Waals surface area contributed by atoms with Gasteiger partial charge in [-0.05, 0) is 45.4 Å². The van der Waals surface area contributed by atoms with E-state index < -0.39 is 0 Å². The topological polar surface area (TPSA) is 96.3 Å². The van der Waals surface area contributed by atoms with E-state index in [-0.39, 0.29) is 18.4 Å². The first-order valence-corrected chi connectivity index (χ1v) is 11.6. The van der Waals surface area contributed by atoms with Crippen LogP contribution in [0.15, 0.2) is 36.4 Å². The fourth-order valence-electron chi connectivity index (χ4n) is 4.07. The first-order chi connectivity index (χ1) is 16.3. The van der Waals surface area contributed by atoms with E-state index in [9.17, 15) is 9.59 Å². The van der Waals surface area contributed by atoms with Crippen LogP contribution in [0.3, 0.4) is 0 Å². The van der Waals surface area contributed by atoms with Crippen LogP contribution in [0.5, 0.6) is 0 Å². The molecule has 0 aliphatic carbocycles. The van der Waals surface area contributed by atoms with Gasteiger partial charge in [0.25, 0.3) is 11.9 Å². The average molecular weight is 482 g/mol. The Morgan fingerprint density at radius 1 is 0.971 bits per heavy atom. The van der Waals surface area contributed by atoms with E-state index in [0.29, 0.717) is 42.0 Å². The van der Waals surface area contributed by atoms with Gasteiger partial charge in [0.05, 0.1) is 22.8 Å². The van der Waals surface area contributed by atoms with Gasteiger partial charge in [0.15, 0.2) is 0 Å². The number of benzene rings is 1. The molecule has 0 unspecified atom stereocenters. The number of anilines is 1. The van der Waals surface area contributed by atoms with Crippen molar-refractivity contribution in [3.05, 3.63) is 64.1 Å². The second-order valence-corrected chi connectivity index (χ2v) is 8.89. The minimum atomic E-state index is -0.156. The first kappa shape index (κ1) is 23.8. The van der Waals surface area contributed by atoms with Crippen LogP contribution in [-0.4, -0.2) is 74.1 Å². The SMILES string of the molecule is Cc1cc(C)nc(-n2nc(C)cc2NC(=O)CN2CCCN(C(=O)c3ccccc3Cl)CC2)n1. The third-order valence-corrected chi connectivity index (χ3v) is 5.94. The molecule has 1 aliphatic heterocycles. The van der Waals surface area contributed by atoms with Crippen molar-refractivity contribution >= 4 is 29.2 Å². The zero-order valence-corrected chi connectivity index (χ0v) is 20.3. The Bertz CT molecular complexity index is 1190. The second-order valence-electron chi connectivity index (χ2n) is 8.48. The van der Waals surface area contributed by atoms with Crippen molar-refractivity contribution in [1.29, 1.82) is 0 Å². The Balaban J connectivity index is 1.39. The van der Waals surface area contributed by atoms with E-state index in [1.54, 1.807) is 27.8 Å². The van der Waals surface area contributed by atoms with Crippen LogP contribution in [0, 0.1) is 20.8 Å². The lowest BCUT2D eigenvalue weighted by Crippen LogP contribution is -2.38. The summed E-state index contributed by atoms with van der Waals surface area (Å²) in [4.78, 5) is 38.5. The molecule has 1 saturated heterocycles. The molecule has 0 spiro atoms. The van der Waals surface area contributed by atoms with Gasteiger partial charge in [0.2, 0.25) is 5.91 Å². The highest BCUT2D eigenvalue weighted by Crippen LogP contribution is 2.19. The molecule has 2 aromatic heterocycles. The molecule has 3 aromatic rings. The molecular formula is C24H28ClN7O2. The van der Waals surface area contributed by atoms with Gasteiger partial charge in [0.1, 0.15) is 5.82 Å². The molecule has 178 valence electrons. The zero-order valence-electron chi connectivity index (χ0n) is 19.6. The van der Waals surface area contributed by atoms with Gasteiger partial charge < -0.3 is 10.2 Å². The van der Waals surface area contributed by atoms with Gasteiger partial charge in [0, 0.05) is 43.6 Å². The Labute approximate surface area is 203 Å². The molecule has 1 aliphatic rings. The number of hydrogen-bond donors (Lipinski definition) is 1. The predicted octanol–water partition coefficient (Wildman–Crippen LogP) is 3.03. The zero-order chi connectivity index (χ0) is 24.2. The summed E-state index contributed by atoms with van der Waals surface area (Å²) in [7, 11) is 0. The molecule has 9 nitrogen and oxygen atoms in total. The van der Waals surface area contributed by atoms with Crippen LogP contribution >= 0.6 is 11.6 Å². The van der Waals surface area contributed by atoms with Crippen molar-refractivity contribution in [3.8, 4) is 5.95 Å². The summed E-state index contributed by atoms with van der Waals surface area (Å²) < 4.78 is 1.56. The number of amides is 2. The van der Waals surface area contributed by atoms with E-state index in [1.165, 1.54) is 0 Å². The van der Waals surface area contributed by atoms with Crippen molar-refractivity contribution in [3.63, 3.8) is 0 Å². The number of hydrogen-bond acceptors (Lipinski definition) is 6. The number of nitrogens with one attached hydrogen (secondary N) is 1. The maximum atomic E-state index is 12.9. The number of rotatable bonds is 5. The van der Waals surface area contributed by atoms with Crippen molar-refractivity contribution in [2.75, 3.05) is 38.0 Å². The molecule has 3 heterocycles. The van der Waals surface area contributed by atoms with Gasteiger partial charge in [-0.3, -0.25) is 14.5 Å². The molecule has 0 bridgehead atoms. The molecule has 2 amide bonds. The van der Waals surface area contributed by atoms with Crippen molar-refractivity contribution in [2.24, 2.45) is 0 Å². The maximum Gasteiger partial charge on any atom is 0.255 e. The molecule has 10 heteroatoms. The number of carbonyl (C=O) groups excluding carboxylic acids is 2. The molecule has 0 atom stereocenters. The Morgan fingerprint density at radius 2 is 1.71 bits per heavy atom. The monoisotopic (exact) mass is 481 g/mol. The fourth-order valence-corrected chi connectivity index (χ4v) is 4.28. The van der Waals surface area contributed by atoms with E-state index in [2.05, 4.69) is 25.3 Å². The third kappa shape index (κ3) is 5.60. The summed E-state index contributed by atoms with van der Waals surface area (Å²) in [5.74, 6) is 0.711. The summed E-state index contributed by atoms with van der Waals surface area (Å²) in [5.41, 5.74) is 2.91. The Hall–Kier alpha value is -3.30. The Kier molecular flexibility index (Phi) is 7.23. The smallest absolute Gasteiger partial charge is 0.255 e.